The number of likely N-dealkylation sites (N-methyl/N-ethyl adjacent to an activating group) is 1. The number of nitrogens with zero attached hydrogens (tertiary/aromatic N) is 2. The smallest absolute Gasteiger partial charge is 0.322 e. The number of hydrogen-bond acceptors (Lipinski definition) is 7. The third-order valence-corrected chi connectivity index (χ3v) is 3.96. The molecule has 144 valence electrons. The molecule has 1 aromatic heterocycles. The van der Waals surface area contributed by atoms with Crippen LogP contribution in [0.1, 0.15) is 12.1 Å². The van der Waals surface area contributed by atoms with Gasteiger partial charge in [0.15, 0.2) is 5.78 Å². The summed E-state index contributed by atoms with van der Waals surface area (Å²) >= 11 is 0. The van der Waals surface area contributed by atoms with Gasteiger partial charge in [-0.3, -0.25) is 19.4 Å². The highest BCUT2D eigenvalue weighted by Gasteiger charge is 2.28. The number of carbonyl (C=O) groups is 3. The number of Topliss-reactive ketones (excluding diaryl/α,β-unsaturated/α-hetero) is 1. The molecule has 9 heteroatoms. The van der Waals surface area contributed by atoms with E-state index in [1.165, 1.54) is 0 Å². The van der Waals surface area contributed by atoms with Crippen molar-refractivity contribution >= 4 is 17.7 Å². The van der Waals surface area contributed by atoms with Gasteiger partial charge in [-0.05, 0) is 12.1 Å². The van der Waals surface area contributed by atoms with Gasteiger partial charge in [-0.1, -0.05) is 6.07 Å². The molecule has 0 spiro atoms. The van der Waals surface area contributed by atoms with Crippen molar-refractivity contribution in [3.8, 4) is 0 Å². The van der Waals surface area contributed by atoms with Gasteiger partial charge in [0.1, 0.15) is 12.1 Å². The minimum absolute atomic E-state index is 0.180. The molecule has 0 unspecified atom stereocenters. The summed E-state index contributed by atoms with van der Waals surface area (Å²) < 4.78 is 5.44. The lowest BCUT2D eigenvalue weighted by atomic mass is 9.97. The van der Waals surface area contributed by atoms with Gasteiger partial charge in [-0.2, -0.15) is 0 Å². The molecule has 27 heavy (non-hydrogen) atoms. The Morgan fingerprint density at radius 3 is 2.78 bits per heavy atom. The van der Waals surface area contributed by atoms with Crippen molar-refractivity contribution in [1.82, 2.24) is 15.2 Å². The first-order chi connectivity index (χ1) is 12.9. The van der Waals surface area contributed by atoms with Crippen LogP contribution in [-0.2, 0) is 25.7 Å². The molecular formula is C18H21N3O6. The van der Waals surface area contributed by atoms with Crippen LogP contribution in [-0.4, -0.2) is 64.6 Å². The molecule has 0 atom stereocenters. The van der Waals surface area contributed by atoms with Gasteiger partial charge < -0.3 is 25.2 Å². The van der Waals surface area contributed by atoms with Crippen molar-refractivity contribution in [2.75, 3.05) is 26.8 Å². The lowest BCUT2D eigenvalue weighted by Crippen LogP contribution is -2.35. The van der Waals surface area contributed by atoms with Gasteiger partial charge in [0.2, 0.25) is 0 Å². The van der Waals surface area contributed by atoms with E-state index in [1.54, 1.807) is 24.2 Å². The van der Waals surface area contributed by atoms with Gasteiger partial charge in [0, 0.05) is 30.9 Å². The van der Waals surface area contributed by atoms with Gasteiger partial charge >= 0.3 is 5.97 Å². The van der Waals surface area contributed by atoms with Crippen LogP contribution in [0.2, 0.25) is 0 Å². The number of aromatic nitrogens is 1. The number of hydrogen-bond donors (Lipinski definition) is 3. The van der Waals surface area contributed by atoms with E-state index in [9.17, 15) is 19.5 Å². The minimum atomic E-state index is -1.26. The van der Waals surface area contributed by atoms with Gasteiger partial charge in [0.05, 0.1) is 31.7 Å². The van der Waals surface area contributed by atoms with Crippen LogP contribution in [0.5, 0.6) is 0 Å². The number of carbonyl (C=O) groups excluding carboxylic acids is 2. The van der Waals surface area contributed by atoms with E-state index in [4.69, 9.17) is 9.84 Å². The first kappa shape index (κ1) is 20.1. The van der Waals surface area contributed by atoms with Crippen molar-refractivity contribution < 1.29 is 29.3 Å². The van der Waals surface area contributed by atoms with Crippen LogP contribution < -0.4 is 5.32 Å². The van der Waals surface area contributed by atoms with E-state index < -0.39 is 29.8 Å². The molecule has 2 rings (SSSR count). The van der Waals surface area contributed by atoms with E-state index in [2.05, 4.69) is 10.3 Å². The second-order valence-electron chi connectivity index (χ2n) is 5.85. The third-order valence-electron chi connectivity index (χ3n) is 3.96. The summed E-state index contributed by atoms with van der Waals surface area (Å²) in [6.07, 6.45) is 2.34. The standard InChI is InChI=1S/C18H21N3O6/c1-21(9-12-4-2-3-6-19-12)15-11-27-7-5-13(15)17(25)14(10-22)18(26)20-8-16(23)24/h2-4,6,10,22H,5,7-9,11H2,1H3,(H,20,26)(H,23,24). The number of aliphatic hydroxyl groups is 1. The van der Waals surface area contributed by atoms with Crippen molar-refractivity contribution in [1.29, 1.82) is 0 Å². The Balaban J connectivity index is 2.23. The van der Waals surface area contributed by atoms with Crippen LogP contribution in [0.25, 0.3) is 0 Å². The third kappa shape index (κ3) is 5.38. The molecule has 1 aliphatic heterocycles. The number of ether oxygens (including phenoxy) is 1. The maximum Gasteiger partial charge on any atom is 0.322 e. The molecular weight excluding hydrogens is 354 g/mol. The van der Waals surface area contributed by atoms with Crippen LogP contribution in [0.4, 0.5) is 0 Å². The Bertz CT molecular complexity index is 773. The molecule has 1 amide bonds. The molecule has 0 saturated carbocycles. The molecule has 0 bridgehead atoms. The Morgan fingerprint density at radius 1 is 1.37 bits per heavy atom. The van der Waals surface area contributed by atoms with Gasteiger partial charge in [-0.25, -0.2) is 0 Å². The second-order valence-corrected chi connectivity index (χ2v) is 5.85. The maximum atomic E-state index is 12.8. The number of nitrogens with one attached hydrogen (secondary N) is 1. The van der Waals surface area contributed by atoms with Crippen LogP contribution in [0.15, 0.2) is 47.5 Å². The fraction of sp³-hybridized carbons (Fsp3) is 0.333. The molecule has 0 fully saturated rings. The molecule has 3 N–H and O–H groups in total. The largest absolute Gasteiger partial charge is 0.515 e. The highest BCUT2D eigenvalue weighted by Crippen LogP contribution is 2.23. The molecule has 0 aromatic carbocycles. The summed E-state index contributed by atoms with van der Waals surface area (Å²) in [5.74, 6) is -2.86. The molecule has 0 aliphatic carbocycles. The fourth-order valence-electron chi connectivity index (χ4n) is 2.62. The number of ketones is 1. The lowest BCUT2D eigenvalue weighted by molar-refractivity contribution is -0.137. The quantitative estimate of drug-likeness (QED) is 0.258. The van der Waals surface area contributed by atoms with E-state index in [0.29, 0.717) is 30.7 Å². The number of carboxylic acid groups (broad SMARTS) is 1. The van der Waals surface area contributed by atoms with Gasteiger partial charge in [-0.15, -0.1) is 0 Å². The number of rotatable bonds is 8. The average Bonchev–Trinajstić information content (AvgIpc) is 2.67. The van der Waals surface area contributed by atoms with Crippen molar-refractivity contribution in [2.45, 2.75) is 13.0 Å². The first-order valence-corrected chi connectivity index (χ1v) is 8.24. The molecule has 1 aromatic rings. The predicted octanol–water partition coefficient (Wildman–Crippen LogP) is 0.400. The normalized spacial score (nSPS) is 14.6. The molecule has 1 aliphatic rings. The SMILES string of the molecule is CN(Cc1ccccn1)C1=C(C(=O)C(=CO)C(=O)NCC(=O)O)CCOC1. The van der Waals surface area contributed by atoms with E-state index in [0.717, 1.165) is 5.69 Å². The Hall–Kier alpha value is -3.20. The number of aliphatic carboxylic acids is 1. The Kier molecular flexibility index (Phi) is 7.07. The minimum Gasteiger partial charge on any atom is -0.515 e. The van der Waals surface area contributed by atoms with E-state index in [1.807, 2.05) is 12.1 Å². The van der Waals surface area contributed by atoms with Crippen LogP contribution >= 0.6 is 0 Å². The Morgan fingerprint density at radius 2 is 2.15 bits per heavy atom. The summed E-state index contributed by atoms with van der Waals surface area (Å²) in [6.45, 7) is 0.259. The zero-order chi connectivity index (χ0) is 19.8. The number of aliphatic hydroxyl groups excluding tert-OH is 1. The summed E-state index contributed by atoms with van der Waals surface area (Å²) in [5, 5.41) is 20.1. The highest BCUT2D eigenvalue weighted by molar-refractivity contribution is 6.25. The van der Waals surface area contributed by atoms with Crippen LogP contribution in [0, 0.1) is 0 Å². The lowest BCUT2D eigenvalue weighted by Gasteiger charge is -2.28. The average molecular weight is 375 g/mol. The summed E-state index contributed by atoms with van der Waals surface area (Å²) in [4.78, 5) is 41.4. The van der Waals surface area contributed by atoms with E-state index >= 15 is 0 Å². The summed E-state index contributed by atoms with van der Waals surface area (Å²) in [6, 6.07) is 5.50. The monoisotopic (exact) mass is 375 g/mol. The van der Waals surface area contributed by atoms with Crippen molar-refractivity contribution in [2.24, 2.45) is 0 Å². The topological polar surface area (TPSA) is 129 Å². The zero-order valence-corrected chi connectivity index (χ0v) is 14.8. The number of amides is 1. The fourth-order valence-corrected chi connectivity index (χ4v) is 2.62. The van der Waals surface area contributed by atoms with E-state index in [-0.39, 0.29) is 13.0 Å². The van der Waals surface area contributed by atoms with Gasteiger partial charge in [0.25, 0.3) is 5.91 Å². The highest BCUT2D eigenvalue weighted by atomic mass is 16.5. The second kappa shape index (κ2) is 9.48. The molecule has 0 radical (unpaired) electrons. The molecule has 2 heterocycles. The maximum absolute atomic E-state index is 12.8. The summed E-state index contributed by atoms with van der Waals surface area (Å²) in [5.41, 5.74) is 1.20. The number of carboxylic acids is 1. The van der Waals surface area contributed by atoms with Crippen molar-refractivity contribution in [3.05, 3.63) is 53.2 Å². The summed E-state index contributed by atoms with van der Waals surface area (Å²) in [7, 11) is 1.78. The van der Waals surface area contributed by atoms with Crippen molar-refractivity contribution in [3.63, 3.8) is 0 Å². The number of pyridine rings is 1. The molecule has 0 saturated heterocycles. The van der Waals surface area contributed by atoms with Crippen LogP contribution in [0.3, 0.4) is 0 Å². The molecule has 9 nitrogen and oxygen atoms in total. The predicted molar refractivity (Wildman–Crippen MR) is 94.5 cm³/mol. The first-order valence-electron chi connectivity index (χ1n) is 8.24. The zero-order valence-electron chi connectivity index (χ0n) is 14.8. The Labute approximate surface area is 156 Å².